The highest BCUT2D eigenvalue weighted by atomic mass is 35.5. The van der Waals surface area contributed by atoms with Crippen molar-refractivity contribution < 1.29 is 13.9 Å². The quantitative estimate of drug-likeness (QED) is 0.617. The minimum atomic E-state index is -0.291. The fourth-order valence-corrected chi connectivity index (χ4v) is 4.64. The molecule has 0 amide bonds. The predicted molar refractivity (Wildman–Crippen MR) is 126 cm³/mol. The van der Waals surface area contributed by atoms with E-state index in [1.165, 1.54) is 6.07 Å². The van der Waals surface area contributed by atoms with Gasteiger partial charge in [-0.3, -0.25) is 9.78 Å². The number of aromatic nitrogens is 1. The Morgan fingerprint density at radius 3 is 2.81 bits per heavy atom. The number of benzene rings is 1. The highest BCUT2D eigenvalue weighted by Gasteiger charge is 2.24. The van der Waals surface area contributed by atoms with E-state index in [0.717, 1.165) is 56.6 Å². The SMILES string of the molecule is C[C@H]1CC[C@H](C(=O)Cc2cc(-c3ccc(F)c(NCC4CCOCC4)c3)c(Cl)cn2)CN1. The van der Waals surface area contributed by atoms with Gasteiger partial charge in [-0.1, -0.05) is 17.7 Å². The summed E-state index contributed by atoms with van der Waals surface area (Å²) in [5, 5.41) is 7.12. The molecule has 2 N–H and O–H groups in total. The first-order valence-electron chi connectivity index (χ1n) is 11.5. The zero-order valence-corrected chi connectivity index (χ0v) is 19.3. The highest BCUT2D eigenvalue weighted by molar-refractivity contribution is 6.33. The van der Waals surface area contributed by atoms with E-state index >= 15 is 0 Å². The van der Waals surface area contributed by atoms with Crippen molar-refractivity contribution in [2.45, 2.75) is 45.1 Å². The topological polar surface area (TPSA) is 63.2 Å². The van der Waals surface area contributed by atoms with Crippen LogP contribution in [0, 0.1) is 17.7 Å². The molecule has 0 radical (unpaired) electrons. The average molecular weight is 460 g/mol. The molecule has 2 aromatic rings. The van der Waals surface area contributed by atoms with Gasteiger partial charge in [0.05, 0.1) is 10.7 Å². The Bertz CT molecular complexity index is 941. The highest BCUT2D eigenvalue weighted by Crippen LogP contribution is 2.31. The molecule has 4 rings (SSSR count). The lowest BCUT2D eigenvalue weighted by Crippen LogP contribution is -2.40. The van der Waals surface area contributed by atoms with Crippen molar-refractivity contribution in [2.75, 3.05) is 31.6 Å². The van der Waals surface area contributed by atoms with E-state index in [2.05, 4.69) is 22.5 Å². The Morgan fingerprint density at radius 2 is 2.06 bits per heavy atom. The normalized spacial score (nSPS) is 22.0. The summed E-state index contributed by atoms with van der Waals surface area (Å²) in [5.41, 5.74) is 2.71. The number of carbonyl (C=O) groups is 1. The Kier molecular flexibility index (Phi) is 7.76. The van der Waals surface area contributed by atoms with Crippen molar-refractivity contribution in [1.29, 1.82) is 0 Å². The summed E-state index contributed by atoms with van der Waals surface area (Å²) in [6, 6.07) is 7.28. The van der Waals surface area contributed by atoms with E-state index in [1.807, 2.05) is 6.07 Å². The fourth-order valence-electron chi connectivity index (χ4n) is 4.43. The number of hydrogen-bond donors (Lipinski definition) is 2. The second-order valence-corrected chi connectivity index (χ2v) is 9.42. The first-order chi connectivity index (χ1) is 15.5. The van der Waals surface area contributed by atoms with Crippen LogP contribution < -0.4 is 10.6 Å². The Morgan fingerprint density at radius 1 is 1.25 bits per heavy atom. The molecule has 2 saturated heterocycles. The van der Waals surface area contributed by atoms with Crippen LogP contribution in [0.3, 0.4) is 0 Å². The van der Waals surface area contributed by atoms with Crippen LogP contribution in [0.4, 0.5) is 10.1 Å². The molecule has 0 saturated carbocycles. The maximum absolute atomic E-state index is 14.4. The smallest absolute Gasteiger partial charge is 0.146 e. The van der Waals surface area contributed by atoms with Gasteiger partial charge in [0.2, 0.25) is 0 Å². The van der Waals surface area contributed by atoms with E-state index in [1.54, 1.807) is 18.3 Å². The van der Waals surface area contributed by atoms with Gasteiger partial charge >= 0.3 is 0 Å². The Labute approximate surface area is 194 Å². The molecule has 172 valence electrons. The van der Waals surface area contributed by atoms with Crippen LogP contribution in [-0.4, -0.2) is 43.1 Å². The minimum absolute atomic E-state index is 0.0268. The number of anilines is 1. The minimum Gasteiger partial charge on any atom is -0.382 e. The van der Waals surface area contributed by atoms with Crippen LogP contribution in [0.1, 0.15) is 38.3 Å². The van der Waals surface area contributed by atoms with Crippen molar-refractivity contribution >= 4 is 23.1 Å². The van der Waals surface area contributed by atoms with Gasteiger partial charge in [0.15, 0.2) is 0 Å². The fraction of sp³-hybridized carbons (Fsp3) is 0.520. The molecule has 2 fully saturated rings. The standard InChI is InChI=1S/C25H31ClFN3O2/c1-16-2-3-19(14-28-16)25(31)12-20-11-21(22(26)15-29-20)18-4-5-23(27)24(10-18)30-13-17-6-8-32-9-7-17/h4-5,10-11,15-17,19,28,30H,2-3,6-9,12-14H2,1H3/t16-,19-/m0/s1. The number of nitrogens with one attached hydrogen (secondary N) is 2. The Balaban J connectivity index is 1.47. The molecule has 2 atom stereocenters. The van der Waals surface area contributed by atoms with Crippen molar-refractivity contribution in [3.63, 3.8) is 0 Å². The van der Waals surface area contributed by atoms with E-state index in [4.69, 9.17) is 16.3 Å². The second kappa shape index (κ2) is 10.7. The van der Waals surface area contributed by atoms with Crippen molar-refractivity contribution in [3.8, 4) is 11.1 Å². The van der Waals surface area contributed by atoms with E-state index in [-0.39, 0.29) is 23.9 Å². The third-order valence-corrected chi connectivity index (χ3v) is 6.88. The number of ketones is 1. The third-order valence-electron chi connectivity index (χ3n) is 6.58. The number of nitrogens with zero attached hydrogens (tertiary/aromatic N) is 1. The summed E-state index contributed by atoms with van der Waals surface area (Å²) in [6.07, 6.45) is 5.75. The molecule has 0 unspecified atom stereocenters. The van der Waals surface area contributed by atoms with Crippen molar-refractivity contribution in [3.05, 3.63) is 47.0 Å². The van der Waals surface area contributed by atoms with Gasteiger partial charge in [0.25, 0.3) is 0 Å². The Hall–Kier alpha value is -2.02. The zero-order valence-electron chi connectivity index (χ0n) is 18.5. The van der Waals surface area contributed by atoms with Crippen LogP contribution in [0.2, 0.25) is 5.02 Å². The molecular weight excluding hydrogens is 429 g/mol. The number of piperidine rings is 1. The molecular formula is C25H31ClFN3O2. The molecule has 3 heterocycles. The van der Waals surface area contributed by atoms with Gasteiger partial charge in [0.1, 0.15) is 11.6 Å². The summed E-state index contributed by atoms with van der Waals surface area (Å²) in [7, 11) is 0. The lowest BCUT2D eigenvalue weighted by molar-refractivity contribution is -0.122. The number of pyridine rings is 1. The predicted octanol–water partition coefficient (Wildman–Crippen LogP) is 4.88. The van der Waals surface area contributed by atoms with E-state index in [0.29, 0.717) is 34.9 Å². The van der Waals surface area contributed by atoms with Gasteiger partial charge in [-0.25, -0.2) is 4.39 Å². The summed E-state index contributed by atoms with van der Waals surface area (Å²) < 4.78 is 19.8. The lowest BCUT2D eigenvalue weighted by Gasteiger charge is -2.26. The van der Waals surface area contributed by atoms with Crippen molar-refractivity contribution in [2.24, 2.45) is 11.8 Å². The molecule has 2 aliphatic rings. The molecule has 7 heteroatoms. The molecule has 0 aliphatic carbocycles. The van der Waals surface area contributed by atoms with Crippen LogP contribution in [0.5, 0.6) is 0 Å². The number of carbonyl (C=O) groups excluding carboxylic acids is 1. The van der Waals surface area contributed by atoms with Crippen LogP contribution in [0.25, 0.3) is 11.1 Å². The number of halogens is 2. The molecule has 1 aromatic carbocycles. The first kappa shape index (κ1) is 23.1. The van der Waals surface area contributed by atoms with Gasteiger partial charge in [-0.15, -0.1) is 0 Å². The van der Waals surface area contributed by atoms with E-state index < -0.39 is 0 Å². The number of rotatable bonds is 7. The summed E-state index contributed by atoms with van der Waals surface area (Å²) in [5.74, 6) is 0.411. The molecule has 2 aliphatic heterocycles. The number of Topliss-reactive ketones (excluding diaryl/α,β-unsaturated/α-hetero) is 1. The third kappa shape index (κ3) is 5.85. The van der Waals surface area contributed by atoms with Gasteiger partial charge < -0.3 is 15.4 Å². The zero-order chi connectivity index (χ0) is 22.5. The summed E-state index contributed by atoms with van der Waals surface area (Å²) in [4.78, 5) is 17.1. The average Bonchev–Trinajstić information content (AvgIpc) is 2.81. The largest absolute Gasteiger partial charge is 0.382 e. The van der Waals surface area contributed by atoms with Gasteiger partial charge in [0, 0.05) is 62.1 Å². The number of hydrogen-bond acceptors (Lipinski definition) is 5. The van der Waals surface area contributed by atoms with Crippen LogP contribution in [-0.2, 0) is 16.0 Å². The molecule has 0 bridgehead atoms. The van der Waals surface area contributed by atoms with Crippen molar-refractivity contribution in [1.82, 2.24) is 10.3 Å². The molecule has 5 nitrogen and oxygen atoms in total. The van der Waals surface area contributed by atoms with Gasteiger partial charge in [-0.2, -0.15) is 0 Å². The maximum Gasteiger partial charge on any atom is 0.146 e. The first-order valence-corrected chi connectivity index (χ1v) is 11.9. The maximum atomic E-state index is 14.4. The van der Waals surface area contributed by atoms with E-state index in [9.17, 15) is 9.18 Å². The summed E-state index contributed by atoms with van der Waals surface area (Å²) >= 11 is 6.44. The number of ether oxygens (including phenoxy) is 1. The summed E-state index contributed by atoms with van der Waals surface area (Å²) in [6.45, 7) is 5.10. The molecule has 1 aromatic heterocycles. The monoisotopic (exact) mass is 459 g/mol. The van der Waals surface area contributed by atoms with Gasteiger partial charge in [-0.05, 0) is 62.3 Å². The molecule has 32 heavy (non-hydrogen) atoms. The van der Waals surface area contributed by atoms with Crippen LogP contribution >= 0.6 is 11.6 Å². The second-order valence-electron chi connectivity index (χ2n) is 9.01. The van der Waals surface area contributed by atoms with Crippen LogP contribution in [0.15, 0.2) is 30.5 Å². The lowest BCUT2D eigenvalue weighted by atomic mass is 9.89. The molecule has 0 spiro atoms.